The lowest BCUT2D eigenvalue weighted by Crippen LogP contribution is -2.39. The summed E-state index contributed by atoms with van der Waals surface area (Å²) in [6, 6.07) is 0. The lowest BCUT2D eigenvalue weighted by molar-refractivity contribution is 0.153. The zero-order chi connectivity index (χ0) is 10.8. The number of aliphatic hydroxyl groups excluding tert-OH is 1. The minimum absolute atomic E-state index is 0.244. The van der Waals surface area contributed by atoms with Crippen LogP contribution in [0.15, 0.2) is 10.7 Å². The molecule has 1 saturated heterocycles. The summed E-state index contributed by atoms with van der Waals surface area (Å²) in [5.74, 6) is 0.717. The summed E-state index contributed by atoms with van der Waals surface area (Å²) in [6.45, 7) is 3.51. The molecular formula is C10H14BrN3O. The summed E-state index contributed by atoms with van der Waals surface area (Å²) >= 11 is 3.37. The lowest BCUT2D eigenvalue weighted by atomic mass is 10.1. The maximum absolute atomic E-state index is 9.56. The summed E-state index contributed by atoms with van der Waals surface area (Å²) in [7, 11) is 0. The number of aromatic nitrogens is 2. The number of aliphatic hydroxyl groups is 1. The predicted molar refractivity (Wildman–Crippen MR) is 61.9 cm³/mol. The van der Waals surface area contributed by atoms with E-state index in [2.05, 4.69) is 25.9 Å². The molecule has 0 spiro atoms. The molecule has 1 fully saturated rings. The molecule has 1 aromatic rings. The maximum atomic E-state index is 9.56. The molecule has 1 N–H and O–H groups in total. The van der Waals surface area contributed by atoms with E-state index in [0.717, 1.165) is 35.5 Å². The van der Waals surface area contributed by atoms with Crippen LogP contribution in [0.4, 0.5) is 5.95 Å². The minimum atomic E-state index is -0.244. The highest BCUT2D eigenvalue weighted by atomic mass is 79.9. The molecule has 1 aliphatic rings. The molecule has 0 saturated carbocycles. The second-order valence-electron chi connectivity index (χ2n) is 3.85. The number of rotatable bonds is 1. The molecule has 0 radical (unpaired) electrons. The first kappa shape index (κ1) is 10.8. The quantitative estimate of drug-likeness (QED) is 0.841. The van der Waals surface area contributed by atoms with Crippen molar-refractivity contribution in [3.63, 3.8) is 0 Å². The highest BCUT2D eigenvalue weighted by Crippen LogP contribution is 2.19. The number of anilines is 1. The second-order valence-corrected chi connectivity index (χ2v) is 4.70. The Morgan fingerprint density at radius 1 is 1.60 bits per heavy atom. The molecule has 82 valence electrons. The van der Waals surface area contributed by atoms with Gasteiger partial charge in [0, 0.05) is 19.3 Å². The lowest BCUT2D eigenvalue weighted by Gasteiger charge is -2.30. The van der Waals surface area contributed by atoms with Crippen molar-refractivity contribution in [1.82, 2.24) is 9.97 Å². The molecule has 1 aliphatic heterocycles. The molecule has 0 unspecified atom stereocenters. The van der Waals surface area contributed by atoms with Crippen molar-refractivity contribution in [1.29, 1.82) is 0 Å². The minimum Gasteiger partial charge on any atom is -0.391 e. The average molecular weight is 272 g/mol. The van der Waals surface area contributed by atoms with Crippen molar-refractivity contribution in [3.05, 3.63) is 16.4 Å². The monoisotopic (exact) mass is 271 g/mol. The van der Waals surface area contributed by atoms with E-state index < -0.39 is 0 Å². The number of hydrogen-bond acceptors (Lipinski definition) is 4. The van der Waals surface area contributed by atoms with Crippen molar-refractivity contribution >= 4 is 21.9 Å². The number of piperidine rings is 1. The van der Waals surface area contributed by atoms with Gasteiger partial charge in [0.25, 0.3) is 0 Å². The van der Waals surface area contributed by atoms with Gasteiger partial charge in [0.05, 0.1) is 16.3 Å². The normalized spacial score (nSPS) is 21.8. The fraction of sp³-hybridized carbons (Fsp3) is 0.600. The van der Waals surface area contributed by atoms with Crippen LogP contribution in [-0.2, 0) is 0 Å². The third kappa shape index (κ3) is 2.46. The highest BCUT2D eigenvalue weighted by Gasteiger charge is 2.19. The van der Waals surface area contributed by atoms with Crippen molar-refractivity contribution in [2.24, 2.45) is 0 Å². The van der Waals surface area contributed by atoms with Gasteiger partial charge in [-0.15, -0.1) is 0 Å². The Kier molecular flexibility index (Phi) is 3.21. The van der Waals surface area contributed by atoms with Crippen LogP contribution in [0.2, 0.25) is 0 Å². The molecule has 0 bridgehead atoms. The second kappa shape index (κ2) is 4.45. The number of halogens is 1. The number of aryl methyl sites for hydroxylation is 1. The van der Waals surface area contributed by atoms with Gasteiger partial charge in [-0.3, -0.25) is 0 Å². The van der Waals surface area contributed by atoms with Crippen LogP contribution in [-0.4, -0.2) is 34.3 Å². The average Bonchev–Trinajstić information content (AvgIpc) is 2.22. The molecule has 1 atom stereocenters. The third-order valence-electron chi connectivity index (χ3n) is 2.59. The number of nitrogens with zero attached hydrogens (tertiary/aromatic N) is 3. The van der Waals surface area contributed by atoms with E-state index in [4.69, 9.17) is 0 Å². The molecule has 15 heavy (non-hydrogen) atoms. The SMILES string of the molecule is Cc1nc(N2CCC[C@@H](O)C2)ncc1Br. The van der Waals surface area contributed by atoms with Gasteiger partial charge in [0.15, 0.2) is 0 Å². The third-order valence-corrected chi connectivity index (χ3v) is 3.36. The molecular weight excluding hydrogens is 258 g/mol. The molecule has 2 heterocycles. The van der Waals surface area contributed by atoms with Crippen LogP contribution in [0.5, 0.6) is 0 Å². The van der Waals surface area contributed by atoms with Crippen LogP contribution < -0.4 is 4.90 Å². The van der Waals surface area contributed by atoms with Crippen LogP contribution in [0.25, 0.3) is 0 Å². The summed E-state index contributed by atoms with van der Waals surface area (Å²) in [6.07, 6.45) is 3.40. The van der Waals surface area contributed by atoms with Crippen LogP contribution >= 0.6 is 15.9 Å². The van der Waals surface area contributed by atoms with E-state index in [0.29, 0.717) is 6.54 Å². The summed E-state index contributed by atoms with van der Waals surface area (Å²) in [4.78, 5) is 10.7. The molecule has 5 heteroatoms. The van der Waals surface area contributed by atoms with Gasteiger partial charge < -0.3 is 10.0 Å². The topological polar surface area (TPSA) is 49.2 Å². The molecule has 1 aromatic heterocycles. The standard InChI is InChI=1S/C10H14BrN3O/c1-7-9(11)5-12-10(13-7)14-4-2-3-8(15)6-14/h5,8,15H,2-4,6H2,1H3/t8-/m1/s1. The first-order valence-corrected chi connectivity index (χ1v) is 5.88. The van der Waals surface area contributed by atoms with Gasteiger partial charge in [-0.05, 0) is 35.7 Å². The Balaban J connectivity index is 2.18. The van der Waals surface area contributed by atoms with Crippen LogP contribution in [0, 0.1) is 6.92 Å². The van der Waals surface area contributed by atoms with E-state index >= 15 is 0 Å². The largest absolute Gasteiger partial charge is 0.391 e. The predicted octanol–water partition coefficient (Wildman–Crippen LogP) is 1.51. The van der Waals surface area contributed by atoms with Crippen molar-refractivity contribution < 1.29 is 5.11 Å². The Labute approximate surface area is 97.5 Å². The number of hydrogen-bond donors (Lipinski definition) is 1. The molecule has 4 nitrogen and oxygen atoms in total. The fourth-order valence-corrected chi connectivity index (χ4v) is 1.92. The number of β-amino-alcohol motifs (C(OH)–C–C–N with tert-alkyl or cyclic N) is 1. The van der Waals surface area contributed by atoms with Crippen molar-refractivity contribution in [2.45, 2.75) is 25.9 Å². The molecule has 0 aromatic carbocycles. The maximum Gasteiger partial charge on any atom is 0.225 e. The summed E-state index contributed by atoms with van der Waals surface area (Å²) < 4.78 is 0.920. The van der Waals surface area contributed by atoms with Crippen LogP contribution in [0.3, 0.4) is 0 Å². The zero-order valence-electron chi connectivity index (χ0n) is 8.65. The van der Waals surface area contributed by atoms with E-state index in [-0.39, 0.29) is 6.10 Å². The van der Waals surface area contributed by atoms with E-state index in [1.165, 1.54) is 0 Å². The first-order chi connectivity index (χ1) is 7.16. The van der Waals surface area contributed by atoms with Crippen molar-refractivity contribution in [3.8, 4) is 0 Å². The van der Waals surface area contributed by atoms with Gasteiger partial charge in [0.2, 0.25) is 5.95 Å². The zero-order valence-corrected chi connectivity index (χ0v) is 10.2. The smallest absolute Gasteiger partial charge is 0.225 e. The fourth-order valence-electron chi connectivity index (χ4n) is 1.73. The molecule has 0 aliphatic carbocycles. The Morgan fingerprint density at radius 3 is 3.07 bits per heavy atom. The van der Waals surface area contributed by atoms with E-state index in [1.807, 2.05) is 11.8 Å². The Hall–Kier alpha value is -0.680. The van der Waals surface area contributed by atoms with Gasteiger partial charge in [-0.25, -0.2) is 9.97 Å². The van der Waals surface area contributed by atoms with Gasteiger partial charge >= 0.3 is 0 Å². The van der Waals surface area contributed by atoms with E-state index in [1.54, 1.807) is 6.20 Å². The van der Waals surface area contributed by atoms with Crippen molar-refractivity contribution in [2.75, 3.05) is 18.0 Å². The first-order valence-electron chi connectivity index (χ1n) is 5.09. The molecule has 2 rings (SSSR count). The molecule has 0 amide bonds. The Bertz CT molecular complexity index is 359. The van der Waals surface area contributed by atoms with E-state index in [9.17, 15) is 5.11 Å². The van der Waals surface area contributed by atoms with Gasteiger partial charge in [0.1, 0.15) is 0 Å². The van der Waals surface area contributed by atoms with Gasteiger partial charge in [-0.1, -0.05) is 0 Å². The Morgan fingerprint density at radius 2 is 2.40 bits per heavy atom. The highest BCUT2D eigenvalue weighted by molar-refractivity contribution is 9.10. The van der Waals surface area contributed by atoms with Gasteiger partial charge in [-0.2, -0.15) is 0 Å². The summed E-state index contributed by atoms with van der Waals surface area (Å²) in [5, 5.41) is 9.56. The van der Waals surface area contributed by atoms with Crippen LogP contribution in [0.1, 0.15) is 18.5 Å². The summed E-state index contributed by atoms with van der Waals surface area (Å²) in [5.41, 5.74) is 0.931.